The molecule has 0 aromatic rings. The highest BCUT2D eigenvalue weighted by Crippen LogP contribution is 2.79. The molecular formula is C12H19O16P. The van der Waals surface area contributed by atoms with Crippen molar-refractivity contribution >= 4 is 7.82 Å². The zero-order valence-electron chi connectivity index (χ0n) is 14.1. The van der Waals surface area contributed by atoms with Gasteiger partial charge in [-0.1, -0.05) is 0 Å². The van der Waals surface area contributed by atoms with Crippen molar-refractivity contribution in [3.8, 4) is 0 Å². The van der Waals surface area contributed by atoms with Crippen LogP contribution in [0.4, 0.5) is 0 Å². The minimum Gasteiger partial charge on any atom is -0.394 e. The van der Waals surface area contributed by atoms with Gasteiger partial charge in [0.25, 0.3) is 17.4 Å². The average Bonchev–Trinajstić information content (AvgIpc) is 3.00. The van der Waals surface area contributed by atoms with Crippen LogP contribution in [-0.4, -0.2) is 128 Å². The first-order valence-electron chi connectivity index (χ1n) is 8.12. The lowest BCUT2D eigenvalue weighted by Gasteiger charge is -2.63. The Kier molecular flexibility index (Phi) is 4.29. The highest BCUT2D eigenvalue weighted by molar-refractivity contribution is 7.49. The molecule has 3 aliphatic heterocycles. The van der Waals surface area contributed by atoms with Gasteiger partial charge in [0, 0.05) is 0 Å². The van der Waals surface area contributed by atoms with Gasteiger partial charge in [0.05, 0.1) is 6.61 Å². The Morgan fingerprint density at radius 2 is 1.28 bits per heavy atom. The summed E-state index contributed by atoms with van der Waals surface area (Å²) in [6.45, 7) is -1.15. The molecule has 17 heteroatoms. The van der Waals surface area contributed by atoms with Gasteiger partial charge in [0.15, 0.2) is 0 Å². The molecule has 0 spiro atoms. The van der Waals surface area contributed by atoms with Gasteiger partial charge in [-0.2, -0.15) is 0 Å². The number of aliphatic hydroxyl groups excluding tert-OH is 6. The van der Waals surface area contributed by atoms with E-state index >= 15 is 0 Å². The molecular weight excluding hydrogens is 431 g/mol. The summed E-state index contributed by atoms with van der Waals surface area (Å²) in [5, 5.41) is 114. The van der Waals surface area contributed by atoms with Crippen LogP contribution >= 0.6 is 7.82 Å². The van der Waals surface area contributed by atoms with Crippen molar-refractivity contribution in [1.82, 2.24) is 0 Å². The van der Waals surface area contributed by atoms with E-state index in [1.807, 2.05) is 0 Å². The standard InChI is InChI=1S/C12H19O16P/c13-1-2-3(14)4(15)5(16)9(20,25-2)8(19)6(17)7(18)10(21)12(23)11(8,22)27-29(24,26-10)28-12/h2-7,13-23H,1H2/t2-,3-,4+,5+,6+,7-,8-,9-,10-,11-,12-,29?/m1/s1. The van der Waals surface area contributed by atoms with E-state index in [4.69, 9.17) is 4.74 Å². The second-order valence-electron chi connectivity index (χ2n) is 7.32. The van der Waals surface area contributed by atoms with Crippen LogP contribution in [0.15, 0.2) is 0 Å². The van der Waals surface area contributed by atoms with Crippen LogP contribution in [0.25, 0.3) is 0 Å². The average molecular weight is 450 g/mol. The monoisotopic (exact) mass is 450 g/mol. The second-order valence-corrected chi connectivity index (χ2v) is 8.77. The lowest BCUT2D eigenvalue weighted by molar-refractivity contribution is -0.536. The van der Waals surface area contributed by atoms with Crippen molar-refractivity contribution in [1.29, 1.82) is 0 Å². The molecule has 4 rings (SSSR count). The largest absolute Gasteiger partial charge is 0.483 e. The molecule has 168 valence electrons. The summed E-state index contributed by atoms with van der Waals surface area (Å²) in [7, 11) is -5.14. The number of ether oxygens (including phenoxy) is 1. The van der Waals surface area contributed by atoms with E-state index in [-0.39, 0.29) is 0 Å². The Bertz CT molecular complexity index is 779. The van der Waals surface area contributed by atoms with Crippen LogP contribution in [-0.2, 0) is 22.9 Å². The van der Waals surface area contributed by atoms with E-state index in [1.54, 1.807) is 0 Å². The summed E-state index contributed by atoms with van der Waals surface area (Å²) in [6, 6.07) is 0. The number of hydrogen-bond acceptors (Lipinski definition) is 16. The summed E-state index contributed by atoms with van der Waals surface area (Å²) in [6.07, 6.45) is -15.1. The van der Waals surface area contributed by atoms with Crippen LogP contribution in [0.1, 0.15) is 0 Å². The first-order chi connectivity index (χ1) is 13.1. The minimum absolute atomic E-state index is 1.15. The van der Waals surface area contributed by atoms with E-state index in [9.17, 15) is 60.7 Å². The maximum absolute atomic E-state index is 12.3. The summed E-state index contributed by atoms with van der Waals surface area (Å²) >= 11 is 0. The zero-order valence-corrected chi connectivity index (χ0v) is 15.0. The molecule has 1 unspecified atom stereocenters. The van der Waals surface area contributed by atoms with E-state index in [0.29, 0.717) is 0 Å². The molecule has 16 nitrogen and oxygen atoms in total. The number of hydrogen-bond donors (Lipinski definition) is 11. The van der Waals surface area contributed by atoms with Crippen molar-refractivity contribution in [2.45, 2.75) is 65.4 Å². The van der Waals surface area contributed by atoms with Crippen LogP contribution < -0.4 is 0 Å². The van der Waals surface area contributed by atoms with Crippen molar-refractivity contribution in [3.05, 3.63) is 0 Å². The lowest BCUT2D eigenvalue weighted by atomic mass is 9.62. The van der Waals surface area contributed by atoms with E-state index in [1.165, 1.54) is 0 Å². The van der Waals surface area contributed by atoms with Gasteiger partial charge in [-0.05, 0) is 0 Å². The van der Waals surface area contributed by atoms with Crippen molar-refractivity contribution < 1.29 is 79.0 Å². The third-order valence-electron chi connectivity index (χ3n) is 5.84. The van der Waals surface area contributed by atoms with Crippen molar-refractivity contribution in [3.63, 3.8) is 0 Å². The Labute approximate surface area is 159 Å². The quantitative estimate of drug-likeness (QED) is 0.174. The lowest BCUT2D eigenvalue weighted by Crippen LogP contribution is -2.93. The minimum atomic E-state index is -5.14. The molecule has 1 aliphatic carbocycles. The number of phosphoric ester groups is 1. The summed E-state index contributed by atoms with van der Waals surface area (Å²) < 4.78 is 30.5. The Hall–Kier alpha value is -0.370. The third-order valence-corrected chi connectivity index (χ3v) is 7.32. The predicted octanol–water partition coefficient (Wildman–Crippen LogP) is -7.13. The van der Waals surface area contributed by atoms with E-state index < -0.39 is 79.8 Å². The van der Waals surface area contributed by atoms with Gasteiger partial charge < -0.3 is 60.9 Å². The Balaban J connectivity index is 1.94. The Morgan fingerprint density at radius 1 is 0.724 bits per heavy atom. The SMILES string of the molecule is O=P12O[C@@]3(O)[C@](O)(O1)[C@](O)(O2)[C@H](O)[C@H](O)[C@@]3(O)[C@]1(O)O[C@H](CO)[C@@H](O)[C@H](O)[C@@H]1O. The topological polar surface area (TPSA) is 277 Å². The molecule has 12 atom stereocenters. The molecule has 11 N–H and O–H groups in total. The summed E-state index contributed by atoms with van der Waals surface area (Å²) in [5.41, 5.74) is -4.05. The van der Waals surface area contributed by atoms with Gasteiger partial charge in [-0.25, -0.2) is 18.1 Å². The summed E-state index contributed by atoms with van der Waals surface area (Å²) in [4.78, 5) is 0. The molecule has 2 bridgehead atoms. The maximum atomic E-state index is 12.3. The first-order valence-corrected chi connectivity index (χ1v) is 9.58. The maximum Gasteiger partial charge on any atom is 0.483 e. The van der Waals surface area contributed by atoms with Crippen LogP contribution in [0.2, 0.25) is 0 Å². The van der Waals surface area contributed by atoms with Crippen molar-refractivity contribution in [2.24, 2.45) is 0 Å². The molecule has 3 heterocycles. The molecule has 4 fully saturated rings. The highest BCUT2D eigenvalue weighted by atomic mass is 31.2. The number of phosphoric acid groups is 1. The molecule has 0 aromatic heterocycles. The second kappa shape index (κ2) is 5.70. The molecule has 3 saturated heterocycles. The highest BCUT2D eigenvalue weighted by Gasteiger charge is 2.97. The third kappa shape index (κ3) is 2.03. The normalized spacial score (nSPS) is 67.0. The van der Waals surface area contributed by atoms with Gasteiger partial charge in [-0.15, -0.1) is 0 Å². The van der Waals surface area contributed by atoms with Gasteiger partial charge in [-0.3, -0.25) is 0 Å². The van der Waals surface area contributed by atoms with Gasteiger partial charge >= 0.3 is 7.82 Å². The summed E-state index contributed by atoms with van der Waals surface area (Å²) in [5.74, 6) is -15.3. The molecule has 0 aromatic carbocycles. The molecule has 0 amide bonds. The van der Waals surface area contributed by atoms with Crippen molar-refractivity contribution in [2.75, 3.05) is 6.61 Å². The van der Waals surface area contributed by atoms with Crippen LogP contribution in [0.5, 0.6) is 0 Å². The number of fused-ring (bicyclic) bond motifs is 1. The smallest absolute Gasteiger partial charge is 0.394 e. The predicted molar refractivity (Wildman–Crippen MR) is 77.6 cm³/mol. The van der Waals surface area contributed by atoms with Crippen LogP contribution in [0, 0.1) is 0 Å². The fourth-order valence-electron chi connectivity index (χ4n) is 4.19. The van der Waals surface area contributed by atoms with Gasteiger partial charge in [0.1, 0.15) is 36.6 Å². The molecule has 0 radical (unpaired) electrons. The fourth-order valence-corrected chi connectivity index (χ4v) is 6.04. The first kappa shape index (κ1) is 21.8. The Morgan fingerprint density at radius 3 is 1.79 bits per heavy atom. The zero-order chi connectivity index (χ0) is 22.0. The number of aliphatic hydroxyl groups is 11. The fraction of sp³-hybridized carbons (Fsp3) is 1.00. The molecule has 1 saturated carbocycles. The number of rotatable bonds is 2. The van der Waals surface area contributed by atoms with Gasteiger partial charge in [0.2, 0.25) is 11.4 Å². The molecule has 29 heavy (non-hydrogen) atoms. The van der Waals surface area contributed by atoms with Crippen LogP contribution in [0.3, 0.4) is 0 Å². The van der Waals surface area contributed by atoms with E-state index in [0.717, 1.165) is 0 Å². The molecule has 4 aliphatic rings. The van der Waals surface area contributed by atoms with E-state index in [2.05, 4.69) is 13.6 Å².